The highest BCUT2D eigenvalue weighted by Gasteiger charge is 2.32. The molecule has 3 aliphatic rings. The van der Waals surface area contributed by atoms with Gasteiger partial charge < -0.3 is 20.6 Å². The Morgan fingerprint density at radius 2 is 1.83 bits per heavy atom. The van der Waals surface area contributed by atoms with Crippen LogP contribution in [0.5, 0.6) is 0 Å². The second kappa shape index (κ2) is 7.84. The number of nitrogens with zero attached hydrogens (tertiary/aromatic N) is 2. The molecular formula is C18H34N4O. The summed E-state index contributed by atoms with van der Waals surface area (Å²) in [6, 6.07) is 1.40. The third-order valence-electron chi connectivity index (χ3n) is 5.59. The van der Waals surface area contributed by atoms with Crippen molar-refractivity contribution in [1.82, 2.24) is 15.5 Å². The minimum absolute atomic E-state index is 0.517. The molecule has 0 spiro atoms. The number of hydrogen-bond donors (Lipinski definition) is 3. The van der Waals surface area contributed by atoms with E-state index in [1.165, 1.54) is 45.2 Å². The summed E-state index contributed by atoms with van der Waals surface area (Å²) in [5, 5.41) is 17.6. The molecule has 0 atom stereocenters. The van der Waals surface area contributed by atoms with Crippen LogP contribution in [0.1, 0.15) is 64.7 Å². The second-order valence-corrected chi connectivity index (χ2v) is 7.67. The molecule has 1 heterocycles. The molecule has 3 fully saturated rings. The largest absolute Gasteiger partial charge is 0.388 e. The Kier molecular flexibility index (Phi) is 5.81. The average molecular weight is 322 g/mol. The van der Waals surface area contributed by atoms with Crippen molar-refractivity contribution in [3.63, 3.8) is 0 Å². The Bertz CT molecular complexity index is 394. The summed E-state index contributed by atoms with van der Waals surface area (Å²) >= 11 is 0. The molecule has 23 heavy (non-hydrogen) atoms. The molecule has 3 rings (SSSR count). The SMILES string of the molecule is CCNC(=NCC1(O)CCCCC1)NC1CCN(C2CC2)CC1. The molecule has 0 aromatic carbocycles. The Labute approximate surface area is 140 Å². The van der Waals surface area contributed by atoms with E-state index >= 15 is 0 Å². The first-order valence-corrected chi connectivity index (χ1v) is 9.70. The number of aliphatic hydroxyl groups is 1. The van der Waals surface area contributed by atoms with Crippen LogP contribution in [0, 0.1) is 0 Å². The van der Waals surface area contributed by atoms with Crippen LogP contribution in [-0.4, -0.2) is 59.8 Å². The molecule has 0 aromatic rings. The number of rotatable bonds is 5. The fourth-order valence-electron chi connectivity index (χ4n) is 3.96. The number of guanidine groups is 1. The Morgan fingerprint density at radius 1 is 1.13 bits per heavy atom. The normalized spacial score (nSPS) is 27.0. The highest BCUT2D eigenvalue weighted by atomic mass is 16.3. The van der Waals surface area contributed by atoms with E-state index in [2.05, 4.69) is 22.5 Å². The molecule has 2 aliphatic carbocycles. The molecular weight excluding hydrogens is 288 g/mol. The van der Waals surface area contributed by atoms with Crippen LogP contribution in [0.4, 0.5) is 0 Å². The summed E-state index contributed by atoms with van der Waals surface area (Å²) in [6.45, 7) is 5.92. The van der Waals surface area contributed by atoms with Gasteiger partial charge in [-0.25, -0.2) is 0 Å². The van der Waals surface area contributed by atoms with E-state index in [4.69, 9.17) is 4.99 Å². The van der Waals surface area contributed by atoms with Crippen LogP contribution in [-0.2, 0) is 0 Å². The second-order valence-electron chi connectivity index (χ2n) is 7.67. The Morgan fingerprint density at radius 3 is 2.43 bits per heavy atom. The van der Waals surface area contributed by atoms with Gasteiger partial charge in [-0.3, -0.25) is 4.99 Å². The van der Waals surface area contributed by atoms with Gasteiger partial charge >= 0.3 is 0 Å². The van der Waals surface area contributed by atoms with Gasteiger partial charge in [0.15, 0.2) is 5.96 Å². The highest BCUT2D eigenvalue weighted by molar-refractivity contribution is 5.80. The highest BCUT2D eigenvalue weighted by Crippen LogP contribution is 2.29. The number of aliphatic imine (C=N–C) groups is 1. The van der Waals surface area contributed by atoms with Gasteiger partial charge in [0.2, 0.25) is 0 Å². The molecule has 2 saturated carbocycles. The van der Waals surface area contributed by atoms with Crippen molar-refractivity contribution in [1.29, 1.82) is 0 Å². The molecule has 0 aromatic heterocycles. The molecule has 0 amide bonds. The van der Waals surface area contributed by atoms with Gasteiger partial charge in [0.1, 0.15) is 0 Å². The zero-order chi connectivity index (χ0) is 16.1. The standard InChI is InChI=1S/C18H34N4O/c1-2-19-17(20-14-18(23)10-4-3-5-11-18)21-15-8-12-22(13-9-15)16-6-7-16/h15-16,23H,2-14H2,1H3,(H2,19,20,21). The minimum atomic E-state index is -0.573. The molecule has 0 bridgehead atoms. The topological polar surface area (TPSA) is 59.9 Å². The van der Waals surface area contributed by atoms with Gasteiger partial charge in [0.05, 0.1) is 12.1 Å². The predicted molar refractivity (Wildman–Crippen MR) is 94.8 cm³/mol. The number of likely N-dealkylation sites (tertiary alicyclic amines) is 1. The van der Waals surface area contributed by atoms with Crippen LogP contribution >= 0.6 is 0 Å². The fraction of sp³-hybridized carbons (Fsp3) is 0.944. The summed E-state index contributed by atoms with van der Waals surface area (Å²) in [4.78, 5) is 7.35. The van der Waals surface area contributed by atoms with Gasteiger partial charge in [-0.15, -0.1) is 0 Å². The van der Waals surface area contributed by atoms with E-state index < -0.39 is 5.60 Å². The zero-order valence-corrected chi connectivity index (χ0v) is 14.7. The van der Waals surface area contributed by atoms with Crippen LogP contribution in [0.3, 0.4) is 0 Å². The van der Waals surface area contributed by atoms with Crippen molar-refractivity contribution < 1.29 is 5.11 Å². The molecule has 5 nitrogen and oxygen atoms in total. The van der Waals surface area contributed by atoms with Crippen LogP contribution in [0.15, 0.2) is 4.99 Å². The lowest BCUT2D eigenvalue weighted by molar-refractivity contribution is 0.0131. The number of piperidine rings is 1. The molecule has 132 valence electrons. The molecule has 3 N–H and O–H groups in total. The van der Waals surface area contributed by atoms with Crippen molar-refractivity contribution in [2.75, 3.05) is 26.2 Å². The minimum Gasteiger partial charge on any atom is -0.388 e. The molecule has 0 radical (unpaired) electrons. The summed E-state index contributed by atoms with van der Waals surface area (Å²) in [5.74, 6) is 0.886. The quantitative estimate of drug-likeness (QED) is 0.534. The maximum Gasteiger partial charge on any atom is 0.191 e. The number of hydrogen-bond acceptors (Lipinski definition) is 3. The van der Waals surface area contributed by atoms with Crippen LogP contribution in [0.25, 0.3) is 0 Å². The predicted octanol–water partition coefficient (Wildman–Crippen LogP) is 1.86. The molecule has 5 heteroatoms. The summed E-state index contributed by atoms with van der Waals surface area (Å²) in [5.41, 5.74) is -0.573. The monoisotopic (exact) mass is 322 g/mol. The average Bonchev–Trinajstić information content (AvgIpc) is 3.39. The van der Waals surface area contributed by atoms with Crippen molar-refractivity contribution in [3.8, 4) is 0 Å². The first-order chi connectivity index (χ1) is 11.2. The third kappa shape index (κ3) is 5.08. The van der Waals surface area contributed by atoms with E-state index in [0.29, 0.717) is 12.6 Å². The Hall–Kier alpha value is -0.810. The lowest BCUT2D eigenvalue weighted by atomic mass is 9.85. The van der Waals surface area contributed by atoms with Crippen LogP contribution < -0.4 is 10.6 Å². The van der Waals surface area contributed by atoms with Crippen molar-refractivity contribution >= 4 is 5.96 Å². The van der Waals surface area contributed by atoms with Gasteiger partial charge in [0.25, 0.3) is 0 Å². The van der Waals surface area contributed by atoms with E-state index in [1.807, 2.05) is 0 Å². The third-order valence-corrected chi connectivity index (χ3v) is 5.59. The van der Waals surface area contributed by atoms with Crippen LogP contribution in [0.2, 0.25) is 0 Å². The summed E-state index contributed by atoms with van der Waals surface area (Å²) in [6.07, 6.45) is 10.5. The maximum atomic E-state index is 10.6. The van der Waals surface area contributed by atoms with E-state index in [-0.39, 0.29) is 0 Å². The van der Waals surface area contributed by atoms with Gasteiger partial charge in [0, 0.05) is 31.7 Å². The van der Waals surface area contributed by atoms with Gasteiger partial charge in [-0.05, 0) is 45.4 Å². The molecule has 0 unspecified atom stereocenters. The molecule has 1 aliphatic heterocycles. The number of nitrogens with one attached hydrogen (secondary N) is 2. The van der Waals surface area contributed by atoms with Crippen molar-refractivity contribution in [2.45, 2.75) is 82.4 Å². The molecule has 1 saturated heterocycles. The zero-order valence-electron chi connectivity index (χ0n) is 14.7. The fourth-order valence-corrected chi connectivity index (χ4v) is 3.96. The lowest BCUT2D eigenvalue weighted by Crippen LogP contribution is -2.49. The summed E-state index contributed by atoms with van der Waals surface area (Å²) in [7, 11) is 0. The Balaban J connectivity index is 1.48. The van der Waals surface area contributed by atoms with E-state index in [0.717, 1.165) is 44.2 Å². The van der Waals surface area contributed by atoms with Crippen molar-refractivity contribution in [2.24, 2.45) is 4.99 Å². The summed E-state index contributed by atoms with van der Waals surface area (Å²) < 4.78 is 0. The van der Waals surface area contributed by atoms with Gasteiger partial charge in [-0.2, -0.15) is 0 Å². The first kappa shape index (κ1) is 17.0. The van der Waals surface area contributed by atoms with E-state index in [9.17, 15) is 5.11 Å². The maximum absolute atomic E-state index is 10.6. The first-order valence-electron chi connectivity index (χ1n) is 9.70. The smallest absolute Gasteiger partial charge is 0.191 e. The lowest BCUT2D eigenvalue weighted by Gasteiger charge is -2.34. The van der Waals surface area contributed by atoms with Crippen molar-refractivity contribution in [3.05, 3.63) is 0 Å². The van der Waals surface area contributed by atoms with E-state index in [1.54, 1.807) is 0 Å². The van der Waals surface area contributed by atoms with Gasteiger partial charge in [-0.1, -0.05) is 19.3 Å².